The fourth-order valence-electron chi connectivity index (χ4n) is 3.02. The van der Waals surface area contributed by atoms with E-state index < -0.39 is 0 Å². The van der Waals surface area contributed by atoms with E-state index in [-0.39, 0.29) is 12.1 Å². The van der Waals surface area contributed by atoms with Crippen LogP contribution in [0.25, 0.3) is 16.9 Å². The highest BCUT2D eigenvalue weighted by atomic mass is 35.5. The summed E-state index contributed by atoms with van der Waals surface area (Å²) in [7, 11) is 0. The summed E-state index contributed by atoms with van der Waals surface area (Å²) in [4.78, 5) is 17.0. The van der Waals surface area contributed by atoms with Crippen molar-refractivity contribution in [3.05, 3.63) is 86.0 Å². The second-order valence-electron chi connectivity index (χ2n) is 6.44. The van der Waals surface area contributed by atoms with Crippen molar-refractivity contribution >= 4 is 28.8 Å². The molecule has 0 atom stereocenters. The molecular formula is C20H16Cl2N4O. The quantitative estimate of drug-likeness (QED) is 0.509. The molecule has 27 heavy (non-hydrogen) atoms. The van der Waals surface area contributed by atoms with Crippen LogP contribution in [0, 0.1) is 13.8 Å². The Balaban J connectivity index is 1.98. The number of nitrogens with zero attached hydrogens (tertiary/aromatic N) is 4. The number of hydrogen-bond acceptors (Lipinski definition) is 3. The van der Waals surface area contributed by atoms with E-state index in [2.05, 4.69) is 5.10 Å². The highest BCUT2D eigenvalue weighted by molar-refractivity contribution is 6.36. The van der Waals surface area contributed by atoms with E-state index in [1.54, 1.807) is 18.3 Å². The van der Waals surface area contributed by atoms with Gasteiger partial charge in [-0.2, -0.15) is 5.10 Å². The lowest BCUT2D eigenvalue weighted by Crippen LogP contribution is -2.23. The summed E-state index contributed by atoms with van der Waals surface area (Å²) < 4.78 is 3.25. The Morgan fingerprint density at radius 3 is 2.52 bits per heavy atom. The number of aryl methyl sites for hydroxylation is 2. The van der Waals surface area contributed by atoms with Crippen molar-refractivity contribution in [1.82, 2.24) is 19.2 Å². The normalized spacial score (nSPS) is 11.3. The summed E-state index contributed by atoms with van der Waals surface area (Å²) >= 11 is 12.6. The Morgan fingerprint density at radius 1 is 1.04 bits per heavy atom. The lowest BCUT2D eigenvalue weighted by Gasteiger charge is -2.09. The maximum atomic E-state index is 12.3. The zero-order valence-corrected chi connectivity index (χ0v) is 16.3. The van der Waals surface area contributed by atoms with Crippen molar-refractivity contribution in [2.45, 2.75) is 20.4 Å². The summed E-state index contributed by atoms with van der Waals surface area (Å²) in [5, 5.41) is 5.29. The van der Waals surface area contributed by atoms with Gasteiger partial charge in [0.05, 0.1) is 33.7 Å². The predicted molar refractivity (Wildman–Crippen MR) is 108 cm³/mol. The van der Waals surface area contributed by atoms with E-state index in [1.807, 2.05) is 42.5 Å². The summed E-state index contributed by atoms with van der Waals surface area (Å²) in [6, 6.07) is 12.9. The van der Waals surface area contributed by atoms with E-state index >= 15 is 0 Å². The number of imidazole rings is 1. The van der Waals surface area contributed by atoms with Gasteiger partial charge < -0.3 is 0 Å². The molecule has 0 saturated carbocycles. The van der Waals surface area contributed by atoms with Gasteiger partial charge in [-0.3, -0.25) is 9.20 Å². The van der Waals surface area contributed by atoms with Gasteiger partial charge in [0.2, 0.25) is 0 Å². The van der Waals surface area contributed by atoms with Gasteiger partial charge in [-0.05, 0) is 26.0 Å². The molecule has 0 fully saturated rings. The molecule has 3 heterocycles. The fourth-order valence-corrected chi connectivity index (χ4v) is 3.53. The Kier molecular flexibility index (Phi) is 4.50. The van der Waals surface area contributed by atoms with Gasteiger partial charge in [0.1, 0.15) is 0 Å². The van der Waals surface area contributed by atoms with E-state index in [0.29, 0.717) is 15.7 Å². The minimum atomic E-state index is -0.182. The second kappa shape index (κ2) is 6.83. The zero-order chi connectivity index (χ0) is 19.1. The first kappa shape index (κ1) is 17.8. The van der Waals surface area contributed by atoms with Crippen LogP contribution in [-0.4, -0.2) is 19.2 Å². The van der Waals surface area contributed by atoms with Crippen molar-refractivity contribution in [2.24, 2.45) is 0 Å². The third-order valence-corrected chi connectivity index (χ3v) is 4.85. The zero-order valence-electron chi connectivity index (χ0n) is 14.8. The molecule has 0 saturated heterocycles. The summed E-state index contributed by atoms with van der Waals surface area (Å²) in [5.74, 6) is 0. The van der Waals surface area contributed by atoms with Crippen LogP contribution in [0.3, 0.4) is 0 Å². The first-order valence-electron chi connectivity index (χ1n) is 8.40. The van der Waals surface area contributed by atoms with Gasteiger partial charge in [0.15, 0.2) is 5.65 Å². The van der Waals surface area contributed by atoms with Gasteiger partial charge in [-0.15, -0.1) is 0 Å². The van der Waals surface area contributed by atoms with E-state index in [9.17, 15) is 4.79 Å². The van der Waals surface area contributed by atoms with Crippen LogP contribution in [0.5, 0.6) is 0 Å². The smallest absolute Gasteiger partial charge is 0.267 e. The minimum Gasteiger partial charge on any atom is -0.299 e. The number of fused-ring (bicyclic) bond motifs is 1. The number of aromatic nitrogens is 4. The predicted octanol–water partition coefficient (Wildman–Crippen LogP) is 4.53. The average Bonchev–Trinajstić information content (AvgIpc) is 2.98. The molecule has 0 spiro atoms. The molecule has 4 aromatic rings. The molecular weight excluding hydrogens is 383 g/mol. The van der Waals surface area contributed by atoms with Gasteiger partial charge in [0, 0.05) is 17.8 Å². The maximum absolute atomic E-state index is 12.3. The van der Waals surface area contributed by atoms with Crippen molar-refractivity contribution in [3.8, 4) is 11.3 Å². The molecule has 0 N–H and O–H groups in total. The largest absolute Gasteiger partial charge is 0.299 e. The highest BCUT2D eigenvalue weighted by Crippen LogP contribution is 2.30. The maximum Gasteiger partial charge on any atom is 0.267 e. The first-order chi connectivity index (χ1) is 12.9. The molecule has 0 aliphatic carbocycles. The summed E-state index contributed by atoms with van der Waals surface area (Å²) in [6.07, 6.45) is 1.75. The van der Waals surface area contributed by atoms with Crippen molar-refractivity contribution in [1.29, 1.82) is 0 Å². The topological polar surface area (TPSA) is 52.2 Å². The highest BCUT2D eigenvalue weighted by Gasteiger charge is 2.18. The third kappa shape index (κ3) is 3.36. The Labute approximate surface area is 165 Å². The molecule has 7 heteroatoms. The average molecular weight is 399 g/mol. The summed E-state index contributed by atoms with van der Waals surface area (Å²) in [6.45, 7) is 4.13. The molecule has 3 aromatic heterocycles. The molecule has 0 unspecified atom stereocenters. The standard InChI is InChI=1S/C20H16Cl2N4O/c1-12-3-6-14(7-4-12)19-17(11-26-18(27)8-5-13(2)24-26)25-10-15(21)9-16(22)20(25)23-19/h3-10H,11H2,1-2H3. The molecule has 0 aliphatic heterocycles. The molecule has 136 valence electrons. The number of benzene rings is 1. The molecule has 5 nitrogen and oxygen atoms in total. The monoisotopic (exact) mass is 398 g/mol. The molecule has 0 aliphatic rings. The van der Waals surface area contributed by atoms with E-state index in [4.69, 9.17) is 28.2 Å². The van der Waals surface area contributed by atoms with Crippen LogP contribution in [0.15, 0.2) is 53.5 Å². The van der Waals surface area contributed by atoms with Crippen LogP contribution >= 0.6 is 23.2 Å². The first-order valence-corrected chi connectivity index (χ1v) is 9.16. The SMILES string of the molecule is Cc1ccc(-c2nc3c(Cl)cc(Cl)cn3c2Cn2nc(C)ccc2=O)cc1. The number of halogens is 2. The lowest BCUT2D eigenvalue weighted by molar-refractivity contribution is 0.616. The van der Waals surface area contributed by atoms with Gasteiger partial charge in [-0.25, -0.2) is 9.67 Å². The van der Waals surface area contributed by atoms with Gasteiger partial charge in [0.25, 0.3) is 5.56 Å². The summed E-state index contributed by atoms with van der Waals surface area (Å²) in [5.41, 5.74) is 4.80. The molecule has 0 bridgehead atoms. The van der Waals surface area contributed by atoms with Crippen LogP contribution in [0.2, 0.25) is 10.0 Å². The van der Waals surface area contributed by atoms with Crippen LogP contribution < -0.4 is 5.56 Å². The van der Waals surface area contributed by atoms with Gasteiger partial charge in [-0.1, -0.05) is 53.0 Å². The lowest BCUT2D eigenvalue weighted by atomic mass is 10.1. The Bertz CT molecular complexity index is 1210. The minimum absolute atomic E-state index is 0.182. The van der Waals surface area contributed by atoms with Crippen LogP contribution in [-0.2, 0) is 6.54 Å². The second-order valence-corrected chi connectivity index (χ2v) is 7.29. The number of hydrogen-bond donors (Lipinski definition) is 0. The van der Waals surface area contributed by atoms with Crippen molar-refractivity contribution in [3.63, 3.8) is 0 Å². The van der Waals surface area contributed by atoms with Crippen molar-refractivity contribution < 1.29 is 0 Å². The van der Waals surface area contributed by atoms with Crippen LogP contribution in [0.4, 0.5) is 0 Å². The van der Waals surface area contributed by atoms with E-state index in [0.717, 1.165) is 28.2 Å². The van der Waals surface area contributed by atoms with E-state index in [1.165, 1.54) is 10.7 Å². The number of pyridine rings is 1. The molecule has 0 amide bonds. The van der Waals surface area contributed by atoms with Crippen molar-refractivity contribution in [2.75, 3.05) is 0 Å². The van der Waals surface area contributed by atoms with Gasteiger partial charge >= 0.3 is 0 Å². The Morgan fingerprint density at radius 2 is 1.78 bits per heavy atom. The van der Waals surface area contributed by atoms with Crippen LogP contribution in [0.1, 0.15) is 17.0 Å². The Hall–Kier alpha value is -2.63. The molecule has 4 rings (SSSR count). The molecule has 1 aromatic carbocycles. The third-order valence-electron chi connectivity index (χ3n) is 4.37. The molecule has 0 radical (unpaired) electrons. The fraction of sp³-hybridized carbons (Fsp3) is 0.150. The number of rotatable bonds is 3.